The fraction of sp³-hybridized carbons (Fsp3) is 0.923. The SMILES string of the molecule is CC(C)C1NCC(=O)N1C1C(C)(C)C1(C)C. The smallest absolute Gasteiger partial charge is 0.238 e. The Morgan fingerprint density at radius 2 is 1.75 bits per heavy atom. The van der Waals surface area contributed by atoms with Crippen molar-refractivity contribution in [1.82, 2.24) is 10.2 Å². The van der Waals surface area contributed by atoms with Crippen LogP contribution < -0.4 is 5.32 Å². The van der Waals surface area contributed by atoms with Crippen molar-refractivity contribution in [3.8, 4) is 0 Å². The van der Waals surface area contributed by atoms with Gasteiger partial charge in [0.05, 0.1) is 12.7 Å². The zero-order valence-electron chi connectivity index (χ0n) is 11.3. The maximum atomic E-state index is 12.0. The van der Waals surface area contributed by atoms with Crippen LogP contribution in [-0.2, 0) is 4.79 Å². The Hall–Kier alpha value is -0.570. The molecule has 1 aliphatic carbocycles. The minimum absolute atomic E-state index is 0.221. The molecule has 0 radical (unpaired) electrons. The molecule has 1 aliphatic heterocycles. The number of hydrogen-bond donors (Lipinski definition) is 1. The standard InChI is InChI=1S/C13H24N2O/c1-8(2)10-14-7-9(16)15(10)11-12(3,4)13(11,5)6/h8,10-11,14H,7H2,1-6H3. The van der Waals surface area contributed by atoms with Crippen LogP contribution in [-0.4, -0.2) is 29.6 Å². The number of hydrogen-bond acceptors (Lipinski definition) is 2. The van der Waals surface area contributed by atoms with Gasteiger partial charge in [0.1, 0.15) is 0 Å². The molecule has 0 aromatic carbocycles. The first-order valence-electron chi connectivity index (χ1n) is 6.26. The maximum absolute atomic E-state index is 12.0. The lowest BCUT2D eigenvalue weighted by molar-refractivity contribution is -0.130. The Morgan fingerprint density at radius 1 is 1.25 bits per heavy atom. The van der Waals surface area contributed by atoms with Crippen LogP contribution in [0.5, 0.6) is 0 Å². The second-order valence-electron chi connectivity index (χ2n) is 6.72. The molecule has 3 heteroatoms. The first kappa shape index (κ1) is 11.9. The molecule has 0 spiro atoms. The minimum Gasteiger partial charge on any atom is -0.322 e. The van der Waals surface area contributed by atoms with Gasteiger partial charge >= 0.3 is 0 Å². The van der Waals surface area contributed by atoms with E-state index in [1.807, 2.05) is 0 Å². The second kappa shape index (κ2) is 3.22. The van der Waals surface area contributed by atoms with Gasteiger partial charge in [0.25, 0.3) is 0 Å². The molecule has 0 aromatic heterocycles. The predicted octanol–water partition coefficient (Wildman–Crippen LogP) is 1.83. The van der Waals surface area contributed by atoms with Crippen molar-refractivity contribution >= 4 is 5.91 Å². The zero-order valence-corrected chi connectivity index (χ0v) is 11.3. The van der Waals surface area contributed by atoms with E-state index in [0.29, 0.717) is 18.5 Å². The summed E-state index contributed by atoms with van der Waals surface area (Å²) in [4.78, 5) is 14.1. The highest BCUT2D eigenvalue weighted by Gasteiger charge is 2.69. The summed E-state index contributed by atoms with van der Waals surface area (Å²) in [5.74, 6) is 0.737. The van der Waals surface area contributed by atoms with E-state index in [-0.39, 0.29) is 22.9 Å². The quantitative estimate of drug-likeness (QED) is 0.776. The predicted molar refractivity (Wildman–Crippen MR) is 64.8 cm³/mol. The molecule has 92 valence electrons. The van der Waals surface area contributed by atoms with Gasteiger partial charge in [0.2, 0.25) is 5.91 Å². The maximum Gasteiger partial charge on any atom is 0.238 e. The molecule has 1 unspecified atom stereocenters. The van der Waals surface area contributed by atoms with E-state index in [0.717, 1.165) is 0 Å². The van der Waals surface area contributed by atoms with E-state index in [4.69, 9.17) is 0 Å². The molecule has 1 heterocycles. The molecule has 1 atom stereocenters. The average molecular weight is 224 g/mol. The molecule has 0 aromatic rings. The Bertz CT molecular complexity index is 306. The van der Waals surface area contributed by atoms with Crippen LogP contribution in [0.4, 0.5) is 0 Å². The van der Waals surface area contributed by atoms with Gasteiger partial charge in [0.15, 0.2) is 0 Å². The Morgan fingerprint density at radius 3 is 2.12 bits per heavy atom. The number of nitrogens with zero attached hydrogens (tertiary/aromatic N) is 1. The van der Waals surface area contributed by atoms with Crippen LogP contribution in [0, 0.1) is 16.7 Å². The van der Waals surface area contributed by atoms with Crippen LogP contribution in [0.2, 0.25) is 0 Å². The van der Waals surface area contributed by atoms with Crippen molar-refractivity contribution in [3.05, 3.63) is 0 Å². The summed E-state index contributed by atoms with van der Waals surface area (Å²) in [5.41, 5.74) is 0.476. The molecule has 0 bridgehead atoms. The second-order valence-corrected chi connectivity index (χ2v) is 6.72. The fourth-order valence-electron chi connectivity index (χ4n) is 3.26. The van der Waals surface area contributed by atoms with Crippen molar-refractivity contribution in [2.24, 2.45) is 16.7 Å². The highest BCUT2D eigenvalue weighted by molar-refractivity contribution is 5.81. The third kappa shape index (κ3) is 1.33. The first-order chi connectivity index (χ1) is 7.21. The van der Waals surface area contributed by atoms with Crippen LogP contribution in [0.15, 0.2) is 0 Å². The van der Waals surface area contributed by atoms with E-state index in [1.54, 1.807) is 0 Å². The molecule has 1 amide bonds. The lowest BCUT2D eigenvalue weighted by Crippen LogP contribution is -2.44. The zero-order chi connectivity index (χ0) is 12.3. The lowest BCUT2D eigenvalue weighted by Gasteiger charge is -2.29. The Kier molecular flexibility index (Phi) is 2.40. The average Bonchev–Trinajstić information content (AvgIpc) is 2.44. The number of nitrogens with one attached hydrogen (secondary N) is 1. The number of carbonyl (C=O) groups excluding carboxylic acids is 1. The minimum atomic E-state index is 0.221. The third-order valence-corrected chi connectivity index (χ3v) is 4.90. The molecular formula is C13H24N2O. The summed E-state index contributed by atoms with van der Waals surface area (Å²) < 4.78 is 0. The van der Waals surface area contributed by atoms with E-state index in [1.165, 1.54) is 0 Å². The highest BCUT2D eigenvalue weighted by atomic mass is 16.2. The van der Waals surface area contributed by atoms with Crippen LogP contribution >= 0.6 is 0 Å². The van der Waals surface area contributed by atoms with Gasteiger partial charge in [-0.25, -0.2) is 0 Å². The molecule has 2 rings (SSSR count). The van der Waals surface area contributed by atoms with Crippen LogP contribution in [0.1, 0.15) is 41.5 Å². The topological polar surface area (TPSA) is 32.3 Å². The molecule has 1 N–H and O–H groups in total. The fourth-order valence-corrected chi connectivity index (χ4v) is 3.26. The van der Waals surface area contributed by atoms with Crippen molar-refractivity contribution in [1.29, 1.82) is 0 Å². The van der Waals surface area contributed by atoms with E-state index in [9.17, 15) is 4.79 Å². The van der Waals surface area contributed by atoms with Gasteiger partial charge in [-0.2, -0.15) is 0 Å². The van der Waals surface area contributed by atoms with Crippen molar-refractivity contribution in [3.63, 3.8) is 0 Å². The lowest BCUT2D eigenvalue weighted by atomic mass is 10.0. The third-order valence-electron chi connectivity index (χ3n) is 4.90. The number of amides is 1. The van der Waals surface area contributed by atoms with Crippen LogP contribution in [0.3, 0.4) is 0 Å². The van der Waals surface area contributed by atoms with Gasteiger partial charge in [-0.05, 0) is 16.7 Å². The molecular weight excluding hydrogens is 200 g/mol. The van der Waals surface area contributed by atoms with E-state index in [2.05, 4.69) is 51.8 Å². The summed E-state index contributed by atoms with van der Waals surface area (Å²) in [6.45, 7) is 13.9. The monoisotopic (exact) mass is 224 g/mol. The first-order valence-corrected chi connectivity index (χ1v) is 6.26. The summed E-state index contributed by atoms with van der Waals surface area (Å²) >= 11 is 0. The Balaban J connectivity index is 2.24. The summed E-state index contributed by atoms with van der Waals surface area (Å²) in [6, 6.07) is 0.384. The summed E-state index contributed by atoms with van der Waals surface area (Å²) in [5, 5.41) is 3.33. The van der Waals surface area contributed by atoms with Gasteiger partial charge in [-0.3, -0.25) is 10.1 Å². The largest absolute Gasteiger partial charge is 0.322 e. The van der Waals surface area contributed by atoms with E-state index < -0.39 is 0 Å². The molecule has 3 nitrogen and oxygen atoms in total. The van der Waals surface area contributed by atoms with Gasteiger partial charge < -0.3 is 4.90 Å². The van der Waals surface area contributed by atoms with Crippen molar-refractivity contribution in [2.45, 2.75) is 53.8 Å². The molecule has 16 heavy (non-hydrogen) atoms. The summed E-state index contributed by atoms with van der Waals surface area (Å²) in [7, 11) is 0. The number of rotatable bonds is 2. The van der Waals surface area contributed by atoms with Crippen LogP contribution in [0.25, 0.3) is 0 Å². The molecule has 2 fully saturated rings. The molecule has 1 saturated carbocycles. The van der Waals surface area contributed by atoms with Gasteiger partial charge in [-0.1, -0.05) is 41.5 Å². The van der Waals surface area contributed by atoms with Gasteiger partial charge in [0, 0.05) is 6.04 Å². The highest BCUT2D eigenvalue weighted by Crippen LogP contribution is 2.65. The Labute approximate surface area is 98.6 Å². The van der Waals surface area contributed by atoms with Gasteiger partial charge in [-0.15, -0.1) is 0 Å². The summed E-state index contributed by atoms with van der Waals surface area (Å²) in [6.07, 6.45) is 0.221. The molecule has 2 aliphatic rings. The normalized spacial score (nSPS) is 32.6. The number of carbonyl (C=O) groups is 1. The van der Waals surface area contributed by atoms with Crippen molar-refractivity contribution in [2.75, 3.05) is 6.54 Å². The molecule has 1 saturated heterocycles. The van der Waals surface area contributed by atoms with E-state index >= 15 is 0 Å². The van der Waals surface area contributed by atoms with Crippen molar-refractivity contribution < 1.29 is 4.79 Å².